The van der Waals surface area contributed by atoms with Gasteiger partial charge in [-0.15, -0.1) is 0 Å². The first kappa shape index (κ1) is 23.3. The van der Waals surface area contributed by atoms with Crippen LogP contribution in [0.3, 0.4) is 0 Å². The highest BCUT2D eigenvalue weighted by Crippen LogP contribution is 2.36. The zero-order valence-electron chi connectivity index (χ0n) is 20.0. The molecule has 1 aromatic carbocycles. The smallest absolute Gasteiger partial charge is 0.310 e. The van der Waals surface area contributed by atoms with Gasteiger partial charge >= 0.3 is 5.97 Å². The minimum atomic E-state index is -0.488. The molecule has 8 nitrogen and oxygen atoms in total. The summed E-state index contributed by atoms with van der Waals surface area (Å²) in [6.07, 6.45) is 5.73. The van der Waals surface area contributed by atoms with E-state index in [1.165, 1.54) is 5.56 Å². The van der Waals surface area contributed by atoms with Gasteiger partial charge < -0.3 is 19.4 Å². The Balaban J connectivity index is 1.15. The minimum Gasteiger partial charge on any atom is -0.455 e. The second-order valence-corrected chi connectivity index (χ2v) is 9.53. The molecule has 8 heteroatoms. The number of hydrogen-bond donors (Lipinski definition) is 0. The van der Waals surface area contributed by atoms with E-state index in [-0.39, 0.29) is 24.3 Å². The molecule has 0 N–H and O–H groups in total. The van der Waals surface area contributed by atoms with E-state index in [9.17, 15) is 14.4 Å². The number of piperazine rings is 1. The van der Waals surface area contributed by atoms with Gasteiger partial charge in [0, 0.05) is 44.6 Å². The number of esters is 1. The van der Waals surface area contributed by atoms with Crippen LogP contribution in [0.4, 0.5) is 11.5 Å². The van der Waals surface area contributed by atoms with Crippen molar-refractivity contribution in [3.05, 3.63) is 54.2 Å². The summed E-state index contributed by atoms with van der Waals surface area (Å²) in [7, 11) is 0. The molecule has 2 unspecified atom stereocenters. The third-order valence-corrected chi connectivity index (χ3v) is 7.48. The van der Waals surface area contributed by atoms with E-state index in [4.69, 9.17) is 4.74 Å². The maximum atomic E-state index is 13.4. The van der Waals surface area contributed by atoms with Crippen molar-refractivity contribution in [3.63, 3.8) is 0 Å². The summed E-state index contributed by atoms with van der Waals surface area (Å²) in [5.74, 6) is -0.576. The summed E-state index contributed by atoms with van der Waals surface area (Å²) in [5, 5.41) is 0. The van der Waals surface area contributed by atoms with E-state index in [1.54, 1.807) is 11.1 Å². The zero-order valence-corrected chi connectivity index (χ0v) is 20.0. The highest BCUT2D eigenvalue weighted by Gasteiger charge is 2.40. The number of benzene rings is 1. The Labute approximate surface area is 205 Å². The third-order valence-electron chi connectivity index (χ3n) is 7.48. The van der Waals surface area contributed by atoms with Crippen LogP contribution in [-0.4, -0.2) is 67.0 Å². The fraction of sp³-hybridized carbons (Fsp3) is 0.481. The van der Waals surface area contributed by atoms with Crippen molar-refractivity contribution >= 4 is 29.3 Å². The Morgan fingerprint density at radius 2 is 1.63 bits per heavy atom. The van der Waals surface area contributed by atoms with Crippen molar-refractivity contribution in [1.29, 1.82) is 0 Å². The summed E-state index contributed by atoms with van der Waals surface area (Å²) in [5.41, 5.74) is 2.12. The molecule has 2 aromatic rings. The lowest BCUT2D eigenvalue weighted by atomic mass is 9.78. The number of carbonyl (C=O) groups excluding carboxylic acids is 3. The van der Waals surface area contributed by atoms with Crippen LogP contribution in [0.5, 0.6) is 0 Å². The van der Waals surface area contributed by atoms with Crippen LogP contribution >= 0.6 is 0 Å². The van der Waals surface area contributed by atoms with E-state index in [0.29, 0.717) is 45.6 Å². The maximum Gasteiger partial charge on any atom is 0.310 e. The number of hydrogen-bond acceptors (Lipinski definition) is 6. The van der Waals surface area contributed by atoms with Gasteiger partial charge in [-0.2, -0.15) is 0 Å². The van der Waals surface area contributed by atoms with E-state index in [2.05, 4.69) is 16.0 Å². The molecule has 2 aliphatic heterocycles. The monoisotopic (exact) mass is 476 g/mol. The minimum absolute atomic E-state index is 0.00794. The topological polar surface area (TPSA) is 83.0 Å². The molecule has 2 amide bonds. The Kier molecular flexibility index (Phi) is 6.97. The molecule has 1 aliphatic carbocycles. The normalized spacial score (nSPS) is 22.0. The molecule has 35 heavy (non-hydrogen) atoms. The molecule has 0 radical (unpaired) electrons. The average molecular weight is 477 g/mol. The molecule has 1 aromatic heterocycles. The summed E-state index contributed by atoms with van der Waals surface area (Å²) >= 11 is 0. The molecular formula is C27H32N4O4. The Morgan fingerprint density at radius 3 is 2.40 bits per heavy atom. The number of ether oxygens (including phenoxy) is 1. The second kappa shape index (κ2) is 10.5. The highest BCUT2D eigenvalue weighted by atomic mass is 16.5. The molecule has 0 spiro atoms. The van der Waals surface area contributed by atoms with Crippen LogP contribution in [0.15, 0.2) is 48.7 Å². The Morgan fingerprint density at radius 1 is 0.886 bits per heavy atom. The molecule has 3 aliphatic rings. The van der Waals surface area contributed by atoms with Crippen LogP contribution in [0.1, 0.15) is 31.2 Å². The summed E-state index contributed by atoms with van der Waals surface area (Å²) in [4.78, 5) is 49.3. The van der Waals surface area contributed by atoms with Crippen molar-refractivity contribution in [3.8, 4) is 0 Å². The number of aromatic nitrogens is 1. The molecular weight excluding hydrogens is 444 g/mol. The van der Waals surface area contributed by atoms with Crippen molar-refractivity contribution in [2.75, 3.05) is 49.1 Å². The number of pyridine rings is 1. The van der Waals surface area contributed by atoms with Crippen LogP contribution in [-0.2, 0) is 25.5 Å². The van der Waals surface area contributed by atoms with Crippen LogP contribution in [0, 0.1) is 11.8 Å². The molecule has 0 bridgehead atoms. The second-order valence-electron chi connectivity index (χ2n) is 9.53. The molecule has 2 fully saturated rings. The highest BCUT2D eigenvalue weighted by molar-refractivity contribution is 5.99. The first-order chi connectivity index (χ1) is 17.1. The van der Waals surface area contributed by atoms with Gasteiger partial charge in [-0.1, -0.05) is 37.1 Å². The largest absolute Gasteiger partial charge is 0.455 e. The lowest BCUT2D eigenvalue weighted by Gasteiger charge is -2.35. The molecule has 184 valence electrons. The molecule has 1 saturated carbocycles. The van der Waals surface area contributed by atoms with Gasteiger partial charge in [-0.25, -0.2) is 4.98 Å². The fourth-order valence-electron chi connectivity index (χ4n) is 5.53. The van der Waals surface area contributed by atoms with E-state index < -0.39 is 11.9 Å². The van der Waals surface area contributed by atoms with Crippen LogP contribution < -0.4 is 9.80 Å². The molecule has 1 saturated heterocycles. The number of rotatable bonds is 5. The predicted octanol–water partition coefficient (Wildman–Crippen LogP) is 2.67. The van der Waals surface area contributed by atoms with Crippen molar-refractivity contribution in [2.45, 2.75) is 32.1 Å². The van der Waals surface area contributed by atoms with Crippen LogP contribution in [0.25, 0.3) is 0 Å². The van der Waals surface area contributed by atoms with Gasteiger partial charge in [0.1, 0.15) is 5.82 Å². The third kappa shape index (κ3) is 5.01. The summed E-state index contributed by atoms with van der Waals surface area (Å²) in [6, 6.07) is 13.8. The Hall–Kier alpha value is -3.42. The lowest BCUT2D eigenvalue weighted by molar-refractivity contribution is -0.159. The standard InChI is InChI=1S/C27H32N4O4/c32-25(30-17-15-29(16-18-30)24-11-5-6-13-28-24)19-35-27(34)22-9-3-2-8-21(22)26(33)31-14-12-20-7-1-4-10-23(20)31/h1,4-7,10-11,13,21-22H,2-3,8-9,12,14-19H2. The van der Waals surface area contributed by atoms with E-state index in [1.807, 2.05) is 41.3 Å². The number of nitrogens with zero attached hydrogens (tertiary/aromatic N) is 4. The quantitative estimate of drug-likeness (QED) is 0.617. The number of amides is 2. The predicted molar refractivity (Wildman–Crippen MR) is 132 cm³/mol. The van der Waals surface area contributed by atoms with Gasteiger partial charge in [0.05, 0.1) is 11.8 Å². The van der Waals surface area contributed by atoms with Crippen LogP contribution in [0.2, 0.25) is 0 Å². The SMILES string of the molecule is O=C(OCC(=O)N1CCN(c2ccccn2)CC1)C1CCCCC1C(=O)N1CCc2ccccc21. The van der Waals surface area contributed by atoms with Gasteiger partial charge in [0.25, 0.3) is 5.91 Å². The van der Waals surface area contributed by atoms with Gasteiger partial charge in [-0.3, -0.25) is 14.4 Å². The van der Waals surface area contributed by atoms with E-state index in [0.717, 1.165) is 30.8 Å². The molecule has 3 heterocycles. The fourth-order valence-corrected chi connectivity index (χ4v) is 5.53. The maximum absolute atomic E-state index is 13.4. The first-order valence-corrected chi connectivity index (χ1v) is 12.6. The van der Waals surface area contributed by atoms with Gasteiger partial charge in [0.2, 0.25) is 5.91 Å². The first-order valence-electron chi connectivity index (χ1n) is 12.6. The number of fused-ring (bicyclic) bond motifs is 1. The van der Waals surface area contributed by atoms with Crippen molar-refractivity contribution < 1.29 is 19.1 Å². The van der Waals surface area contributed by atoms with Gasteiger partial charge in [-0.05, 0) is 43.0 Å². The van der Waals surface area contributed by atoms with Crippen molar-refractivity contribution in [1.82, 2.24) is 9.88 Å². The molecule has 2 atom stereocenters. The number of anilines is 2. The summed E-state index contributed by atoms with van der Waals surface area (Å²) < 4.78 is 5.49. The summed E-state index contributed by atoms with van der Waals surface area (Å²) in [6.45, 7) is 2.88. The average Bonchev–Trinajstić information content (AvgIpc) is 3.36. The number of carbonyl (C=O) groups is 3. The van der Waals surface area contributed by atoms with E-state index >= 15 is 0 Å². The molecule has 5 rings (SSSR count). The number of para-hydroxylation sites is 1. The lowest BCUT2D eigenvalue weighted by Crippen LogP contribution is -2.50. The Bertz CT molecular complexity index is 1070. The zero-order chi connectivity index (χ0) is 24.2. The van der Waals surface area contributed by atoms with Gasteiger partial charge in [0.15, 0.2) is 6.61 Å². The van der Waals surface area contributed by atoms with Crippen molar-refractivity contribution in [2.24, 2.45) is 11.8 Å².